The summed E-state index contributed by atoms with van der Waals surface area (Å²) in [6, 6.07) is 10.3. The lowest BCUT2D eigenvalue weighted by atomic mass is 10.0. The standard InChI is InChI=1S/C24H20F4N6O2/c25-19-11-17(24(26,27)28)7-8-18(19)22(35)30-9-10-34-13-21(32-33-34)23(36)31-20(12-29)16-5-3-15(4-6-16)14-1-2-14/h3-8,11,13-14,20H,1-2,9-10H2,(H,30,35)(H,31,36). The lowest BCUT2D eigenvalue weighted by Gasteiger charge is -2.11. The average molecular weight is 500 g/mol. The van der Waals surface area contributed by atoms with Crippen molar-refractivity contribution in [2.75, 3.05) is 6.54 Å². The quantitative estimate of drug-likeness (QED) is 0.458. The highest BCUT2D eigenvalue weighted by Crippen LogP contribution is 2.40. The Hall–Kier alpha value is -4.27. The second-order valence-electron chi connectivity index (χ2n) is 8.29. The van der Waals surface area contributed by atoms with E-state index in [1.165, 1.54) is 16.4 Å². The summed E-state index contributed by atoms with van der Waals surface area (Å²) < 4.78 is 53.1. The average Bonchev–Trinajstić information content (AvgIpc) is 3.59. The van der Waals surface area contributed by atoms with Crippen molar-refractivity contribution in [2.45, 2.75) is 37.5 Å². The van der Waals surface area contributed by atoms with Gasteiger partial charge in [0.2, 0.25) is 0 Å². The molecule has 4 rings (SSSR count). The summed E-state index contributed by atoms with van der Waals surface area (Å²) >= 11 is 0. The predicted molar refractivity (Wildman–Crippen MR) is 118 cm³/mol. The van der Waals surface area contributed by atoms with Gasteiger partial charge in [-0.2, -0.15) is 18.4 Å². The minimum Gasteiger partial charge on any atom is -0.350 e. The van der Waals surface area contributed by atoms with Gasteiger partial charge in [-0.1, -0.05) is 29.5 Å². The second kappa shape index (κ2) is 10.2. The largest absolute Gasteiger partial charge is 0.416 e. The molecule has 0 saturated heterocycles. The van der Waals surface area contributed by atoms with Crippen molar-refractivity contribution in [2.24, 2.45) is 0 Å². The molecule has 1 aromatic heterocycles. The number of hydrogen-bond donors (Lipinski definition) is 2. The minimum absolute atomic E-state index is 0.0510. The van der Waals surface area contributed by atoms with Crippen LogP contribution in [0.1, 0.15) is 62.3 Å². The fourth-order valence-electron chi connectivity index (χ4n) is 3.54. The first kappa shape index (κ1) is 24.8. The van der Waals surface area contributed by atoms with Crippen LogP contribution >= 0.6 is 0 Å². The fourth-order valence-corrected chi connectivity index (χ4v) is 3.54. The van der Waals surface area contributed by atoms with Crippen LogP contribution in [-0.4, -0.2) is 33.4 Å². The van der Waals surface area contributed by atoms with E-state index in [9.17, 15) is 32.4 Å². The SMILES string of the molecule is N#CC(NC(=O)c1cn(CCNC(=O)c2ccc(C(F)(F)F)cc2F)nn1)c1ccc(C2CC2)cc1. The van der Waals surface area contributed by atoms with Crippen LogP contribution < -0.4 is 10.6 Å². The molecule has 1 fully saturated rings. The van der Waals surface area contributed by atoms with E-state index in [-0.39, 0.29) is 24.8 Å². The number of carbonyl (C=O) groups excluding carboxylic acids is 2. The Bertz CT molecular complexity index is 1310. The minimum atomic E-state index is -4.72. The molecule has 36 heavy (non-hydrogen) atoms. The highest BCUT2D eigenvalue weighted by molar-refractivity contribution is 5.94. The summed E-state index contributed by atoms with van der Waals surface area (Å²) in [6.45, 7) is -0.00351. The lowest BCUT2D eigenvalue weighted by molar-refractivity contribution is -0.137. The van der Waals surface area contributed by atoms with Gasteiger partial charge in [0.1, 0.15) is 11.9 Å². The Morgan fingerprint density at radius 1 is 1.14 bits per heavy atom. The van der Waals surface area contributed by atoms with Crippen LogP contribution in [0, 0.1) is 17.1 Å². The van der Waals surface area contributed by atoms with E-state index in [2.05, 4.69) is 20.9 Å². The van der Waals surface area contributed by atoms with Gasteiger partial charge in [0.05, 0.1) is 29.9 Å². The number of benzene rings is 2. The molecular formula is C24H20F4N6O2. The van der Waals surface area contributed by atoms with Crippen molar-refractivity contribution < 1.29 is 27.2 Å². The van der Waals surface area contributed by atoms with Gasteiger partial charge >= 0.3 is 6.18 Å². The number of nitriles is 1. The van der Waals surface area contributed by atoms with Crippen molar-refractivity contribution in [3.8, 4) is 6.07 Å². The van der Waals surface area contributed by atoms with Crippen LogP contribution in [0.4, 0.5) is 17.6 Å². The van der Waals surface area contributed by atoms with Crippen LogP contribution in [0.3, 0.4) is 0 Å². The van der Waals surface area contributed by atoms with Gasteiger partial charge in [0.25, 0.3) is 11.8 Å². The molecule has 2 aromatic carbocycles. The third-order valence-corrected chi connectivity index (χ3v) is 5.66. The summed E-state index contributed by atoms with van der Waals surface area (Å²) in [7, 11) is 0. The summed E-state index contributed by atoms with van der Waals surface area (Å²) in [5.41, 5.74) is 0.0666. The van der Waals surface area contributed by atoms with Crippen LogP contribution in [0.2, 0.25) is 0 Å². The molecule has 186 valence electrons. The van der Waals surface area contributed by atoms with Crippen molar-refractivity contribution in [3.05, 3.63) is 82.4 Å². The third kappa shape index (κ3) is 5.86. The molecule has 12 heteroatoms. The monoisotopic (exact) mass is 500 g/mol. The molecule has 8 nitrogen and oxygen atoms in total. The number of nitrogens with zero attached hydrogens (tertiary/aromatic N) is 4. The molecule has 1 unspecified atom stereocenters. The topological polar surface area (TPSA) is 113 Å². The molecule has 0 bridgehead atoms. The highest BCUT2D eigenvalue weighted by Gasteiger charge is 2.31. The first-order chi connectivity index (χ1) is 17.2. The van der Waals surface area contributed by atoms with E-state index in [0.29, 0.717) is 17.5 Å². The first-order valence-electron chi connectivity index (χ1n) is 11.0. The molecule has 1 saturated carbocycles. The summed E-state index contributed by atoms with van der Waals surface area (Å²) in [6.07, 6.45) is -1.10. The number of alkyl halides is 3. The first-order valence-corrected chi connectivity index (χ1v) is 11.0. The molecule has 0 radical (unpaired) electrons. The molecular weight excluding hydrogens is 480 g/mol. The molecule has 2 amide bonds. The van der Waals surface area contributed by atoms with Gasteiger partial charge in [0.15, 0.2) is 5.69 Å². The van der Waals surface area contributed by atoms with Gasteiger partial charge in [-0.25, -0.2) is 9.07 Å². The third-order valence-electron chi connectivity index (χ3n) is 5.66. The Labute approximate surface area is 202 Å². The van der Waals surface area contributed by atoms with Gasteiger partial charge in [-0.3, -0.25) is 9.59 Å². The van der Waals surface area contributed by atoms with E-state index in [1.807, 2.05) is 18.2 Å². The number of rotatable bonds is 8. The van der Waals surface area contributed by atoms with E-state index in [4.69, 9.17) is 0 Å². The Morgan fingerprint density at radius 3 is 2.47 bits per heavy atom. The van der Waals surface area contributed by atoms with Crippen molar-refractivity contribution in [1.82, 2.24) is 25.6 Å². The Morgan fingerprint density at radius 2 is 1.86 bits per heavy atom. The maximum atomic E-state index is 13.9. The Kier molecular flexibility index (Phi) is 7.00. The molecule has 2 N–H and O–H groups in total. The van der Waals surface area contributed by atoms with Crippen molar-refractivity contribution in [3.63, 3.8) is 0 Å². The number of halogens is 4. The number of hydrogen-bond acceptors (Lipinski definition) is 5. The van der Waals surface area contributed by atoms with Gasteiger partial charge < -0.3 is 10.6 Å². The van der Waals surface area contributed by atoms with E-state index in [1.54, 1.807) is 12.1 Å². The zero-order chi connectivity index (χ0) is 25.9. The molecule has 1 heterocycles. The highest BCUT2D eigenvalue weighted by atomic mass is 19.4. The molecule has 1 aliphatic rings. The number of aromatic nitrogens is 3. The lowest BCUT2D eigenvalue weighted by Crippen LogP contribution is -2.28. The number of nitrogens with one attached hydrogen (secondary N) is 2. The smallest absolute Gasteiger partial charge is 0.350 e. The zero-order valence-electron chi connectivity index (χ0n) is 18.7. The van der Waals surface area contributed by atoms with E-state index < -0.39 is 41.0 Å². The maximum Gasteiger partial charge on any atom is 0.416 e. The fraction of sp³-hybridized carbons (Fsp3) is 0.292. The van der Waals surface area contributed by atoms with Gasteiger partial charge in [-0.05, 0) is 48.1 Å². The van der Waals surface area contributed by atoms with Crippen LogP contribution in [-0.2, 0) is 12.7 Å². The number of carbonyl (C=O) groups is 2. The van der Waals surface area contributed by atoms with Crippen molar-refractivity contribution in [1.29, 1.82) is 5.26 Å². The van der Waals surface area contributed by atoms with Crippen LogP contribution in [0.15, 0.2) is 48.7 Å². The molecule has 1 atom stereocenters. The molecule has 0 spiro atoms. The molecule has 3 aromatic rings. The normalized spacial score (nSPS) is 14.1. The summed E-state index contributed by atoms with van der Waals surface area (Å²) in [5, 5.41) is 22.0. The van der Waals surface area contributed by atoms with Crippen LogP contribution in [0.25, 0.3) is 0 Å². The zero-order valence-corrected chi connectivity index (χ0v) is 18.7. The summed E-state index contributed by atoms with van der Waals surface area (Å²) in [5.74, 6) is -2.24. The van der Waals surface area contributed by atoms with Gasteiger partial charge in [-0.15, -0.1) is 5.10 Å². The molecule has 0 aliphatic heterocycles. The van der Waals surface area contributed by atoms with E-state index >= 15 is 0 Å². The van der Waals surface area contributed by atoms with E-state index in [0.717, 1.165) is 18.9 Å². The maximum absolute atomic E-state index is 13.9. The second-order valence-corrected chi connectivity index (χ2v) is 8.29. The Balaban J connectivity index is 1.29. The van der Waals surface area contributed by atoms with Gasteiger partial charge in [0, 0.05) is 6.54 Å². The predicted octanol–water partition coefficient (Wildman–Crippen LogP) is 3.74. The van der Waals surface area contributed by atoms with Crippen LogP contribution in [0.5, 0.6) is 0 Å². The van der Waals surface area contributed by atoms with Crippen molar-refractivity contribution >= 4 is 11.8 Å². The summed E-state index contributed by atoms with van der Waals surface area (Å²) in [4.78, 5) is 24.6. The molecule has 1 aliphatic carbocycles. The number of amides is 2.